The predicted octanol–water partition coefficient (Wildman–Crippen LogP) is 3.19. The van der Waals surface area contributed by atoms with Crippen molar-refractivity contribution in [2.24, 2.45) is 0 Å². The first-order chi connectivity index (χ1) is 13.7. The van der Waals surface area contributed by atoms with Gasteiger partial charge in [0.05, 0.1) is 6.42 Å². The maximum absolute atomic E-state index is 13.1. The number of carbonyl (C=O) groups is 3. The molecule has 2 rings (SSSR count). The van der Waals surface area contributed by atoms with E-state index in [0.717, 1.165) is 24.8 Å². The van der Waals surface area contributed by atoms with Crippen molar-refractivity contribution in [1.29, 1.82) is 0 Å². The zero-order valence-electron chi connectivity index (χ0n) is 18.1. The molecular formula is C23H34N2O4. The highest BCUT2D eigenvalue weighted by Gasteiger charge is 2.34. The van der Waals surface area contributed by atoms with Crippen molar-refractivity contribution < 1.29 is 19.1 Å². The molecule has 0 spiro atoms. The number of hydrogen-bond donors (Lipinski definition) is 0. The fourth-order valence-electron chi connectivity index (χ4n) is 3.50. The van der Waals surface area contributed by atoms with E-state index in [-0.39, 0.29) is 18.2 Å². The zero-order chi connectivity index (χ0) is 21.4. The summed E-state index contributed by atoms with van der Waals surface area (Å²) in [5, 5.41) is 0. The minimum absolute atomic E-state index is 0.125. The van der Waals surface area contributed by atoms with Gasteiger partial charge in [-0.1, -0.05) is 30.3 Å². The largest absolute Gasteiger partial charge is 0.460 e. The number of amides is 2. The van der Waals surface area contributed by atoms with E-state index in [1.807, 2.05) is 30.3 Å². The number of likely N-dealkylation sites (N-methyl/N-ethyl adjacent to an activating group) is 1. The van der Waals surface area contributed by atoms with Gasteiger partial charge >= 0.3 is 5.97 Å². The van der Waals surface area contributed by atoms with E-state index >= 15 is 0 Å². The number of benzene rings is 1. The Morgan fingerprint density at radius 3 is 2.28 bits per heavy atom. The van der Waals surface area contributed by atoms with Crippen molar-refractivity contribution in [3.05, 3.63) is 35.9 Å². The quantitative estimate of drug-likeness (QED) is 0.657. The number of hydrogen-bond acceptors (Lipinski definition) is 4. The normalized spacial score (nSPS) is 15.5. The molecule has 1 heterocycles. The molecule has 1 atom stereocenters. The molecule has 1 aliphatic rings. The molecule has 0 N–H and O–H groups in total. The van der Waals surface area contributed by atoms with Crippen LogP contribution in [0.15, 0.2) is 30.3 Å². The molecule has 0 bridgehead atoms. The number of nitrogens with zero attached hydrogens (tertiary/aromatic N) is 2. The van der Waals surface area contributed by atoms with E-state index in [4.69, 9.17) is 4.74 Å². The van der Waals surface area contributed by atoms with Gasteiger partial charge in [0, 0.05) is 26.6 Å². The molecule has 29 heavy (non-hydrogen) atoms. The number of ether oxygens (including phenoxy) is 1. The van der Waals surface area contributed by atoms with Gasteiger partial charge in [-0.15, -0.1) is 0 Å². The first kappa shape index (κ1) is 22.9. The lowest BCUT2D eigenvalue weighted by Crippen LogP contribution is -2.51. The average molecular weight is 403 g/mol. The van der Waals surface area contributed by atoms with Crippen LogP contribution in [0.5, 0.6) is 0 Å². The van der Waals surface area contributed by atoms with Crippen LogP contribution in [0.1, 0.15) is 58.4 Å². The van der Waals surface area contributed by atoms with Crippen LogP contribution in [0.2, 0.25) is 0 Å². The van der Waals surface area contributed by atoms with Crippen molar-refractivity contribution in [3.8, 4) is 0 Å². The summed E-state index contributed by atoms with van der Waals surface area (Å²) in [7, 11) is 1.62. The van der Waals surface area contributed by atoms with E-state index in [0.29, 0.717) is 25.9 Å². The molecular weight excluding hydrogens is 368 g/mol. The fourth-order valence-corrected chi connectivity index (χ4v) is 3.50. The van der Waals surface area contributed by atoms with E-state index in [1.54, 1.807) is 32.7 Å². The van der Waals surface area contributed by atoms with Crippen molar-refractivity contribution in [2.45, 2.75) is 70.9 Å². The molecule has 0 radical (unpaired) electrons. The Hall–Kier alpha value is -2.37. The summed E-state index contributed by atoms with van der Waals surface area (Å²) in [6.07, 6.45) is 3.78. The van der Waals surface area contributed by atoms with Crippen LogP contribution in [0.25, 0.3) is 0 Å². The van der Waals surface area contributed by atoms with Gasteiger partial charge in [-0.3, -0.25) is 14.4 Å². The van der Waals surface area contributed by atoms with Crippen LogP contribution in [0, 0.1) is 0 Å². The van der Waals surface area contributed by atoms with Gasteiger partial charge in [-0.25, -0.2) is 0 Å². The first-order valence-electron chi connectivity index (χ1n) is 10.5. The van der Waals surface area contributed by atoms with Crippen molar-refractivity contribution in [3.63, 3.8) is 0 Å². The Morgan fingerprint density at radius 2 is 1.69 bits per heavy atom. The van der Waals surface area contributed by atoms with E-state index in [9.17, 15) is 14.4 Å². The highest BCUT2D eigenvalue weighted by molar-refractivity contribution is 5.91. The third-order valence-corrected chi connectivity index (χ3v) is 5.06. The minimum Gasteiger partial charge on any atom is -0.460 e. The fraction of sp³-hybridized carbons (Fsp3) is 0.609. The summed E-state index contributed by atoms with van der Waals surface area (Å²) in [6, 6.07) is 8.94. The Kier molecular flexibility index (Phi) is 8.23. The Balaban J connectivity index is 2.07. The van der Waals surface area contributed by atoms with Gasteiger partial charge in [0.15, 0.2) is 0 Å². The summed E-state index contributed by atoms with van der Waals surface area (Å²) < 4.78 is 5.42. The summed E-state index contributed by atoms with van der Waals surface area (Å²) in [6.45, 7) is 6.73. The second-order valence-electron chi connectivity index (χ2n) is 8.68. The number of esters is 1. The molecule has 1 aromatic carbocycles. The maximum Gasteiger partial charge on any atom is 0.308 e. The average Bonchev–Trinajstić information content (AvgIpc) is 2.69. The number of aryl methyl sites for hydroxylation is 1. The molecule has 0 unspecified atom stereocenters. The lowest BCUT2D eigenvalue weighted by atomic mass is 10.1. The molecule has 1 aromatic rings. The molecule has 160 valence electrons. The number of likely N-dealkylation sites (tertiary alicyclic amines) is 1. The van der Waals surface area contributed by atoms with Gasteiger partial charge in [-0.05, 0) is 52.0 Å². The third kappa shape index (κ3) is 7.52. The van der Waals surface area contributed by atoms with Crippen molar-refractivity contribution >= 4 is 17.8 Å². The van der Waals surface area contributed by atoms with Gasteiger partial charge in [0.25, 0.3) is 0 Å². The van der Waals surface area contributed by atoms with Crippen LogP contribution in [-0.4, -0.2) is 59.4 Å². The molecule has 1 fully saturated rings. The Labute approximate surface area is 174 Å². The summed E-state index contributed by atoms with van der Waals surface area (Å²) >= 11 is 0. The highest BCUT2D eigenvalue weighted by Crippen LogP contribution is 2.17. The number of carbonyl (C=O) groups excluding carboxylic acids is 3. The molecule has 1 saturated heterocycles. The predicted molar refractivity (Wildman–Crippen MR) is 112 cm³/mol. The molecule has 6 heteroatoms. The Morgan fingerprint density at radius 1 is 1.07 bits per heavy atom. The van der Waals surface area contributed by atoms with Gasteiger partial charge in [-0.2, -0.15) is 0 Å². The summed E-state index contributed by atoms with van der Waals surface area (Å²) in [4.78, 5) is 41.6. The molecule has 6 nitrogen and oxygen atoms in total. The Bertz CT molecular complexity index is 691. The SMILES string of the molecule is CN(C(=O)CCc1ccccc1)[C@@H](CC(=O)OC(C)(C)C)C(=O)N1CCCCC1. The third-order valence-electron chi connectivity index (χ3n) is 5.06. The van der Waals surface area contributed by atoms with E-state index < -0.39 is 17.6 Å². The van der Waals surface area contributed by atoms with Crippen LogP contribution < -0.4 is 0 Å². The van der Waals surface area contributed by atoms with Crippen LogP contribution in [0.4, 0.5) is 0 Å². The lowest BCUT2D eigenvalue weighted by molar-refractivity contribution is -0.160. The van der Waals surface area contributed by atoms with Gasteiger partial charge in [0.1, 0.15) is 11.6 Å². The maximum atomic E-state index is 13.1. The highest BCUT2D eigenvalue weighted by atomic mass is 16.6. The second-order valence-corrected chi connectivity index (χ2v) is 8.68. The van der Waals surface area contributed by atoms with Gasteiger partial charge < -0.3 is 14.5 Å². The smallest absolute Gasteiger partial charge is 0.308 e. The van der Waals surface area contributed by atoms with Crippen molar-refractivity contribution in [1.82, 2.24) is 9.80 Å². The molecule has 1 aliphatic heterocycles. The van der Waals surface area contributed by atoms with E-state index in [2.05, 4.69) is 0 Å². The molecule has 2 amide bonds. The minimum atomic E-state index is -0.828. The van der Waals surface area contributed by atoms with Gasteiger partial charge in [0.2, 0.25) is 11.8 Å². The number of piperidine rings is 1. The lowest BCUT2D eigenvalue weighted by Gasteiger charge is -2.34. The second kappa shape index (κ2) is 10.4. The molecule has 0 aromatic heterocycles. The van der Waals surface area contributed by atoms with Crippen molar-refractivity contribution in [2.75, 3.05) is 20.1 Å². The topological polar surface area (TPSA) is 66.9 Å². The summed E-state index contributed by atoms with van der Waals surface area (Å²) in [5.41, 5.74) is 0.436. The molecule has 0 aliphatic carbocycles. The van der Waals surface area contributed by atoms with Crippen LogP contribution in [-0.2, 0) is 25.5 Å². The summed E-state index contributed by atoms with van der Waals surface area (Å²) in [5.74, 6) is -0.769. The van der Waals surface area contributed by atoms with Crippen LogP contribution >= 0.6 is 0 Å². The van der Waals surface area contributed by atoms with Crippen LogP contribution in [0.3, 0.4) is 0 Å². The zero-order valence-corrected chi connectivity index (χ0v) is 18.1. The standard InChI is InChI=1S/C23H34N2O4/c1-23(2,3)29-21(27)17-19(22(28)25-15-9-6-10-16-25)24(4)20(26)14-13-18-11-7-5-8-12-18/h5,7-8,11-12,19H,6,9-10,13-17H2,1-4H3/t19-/m0/s1. The number of rotatable bonds is 7. The molecule has 0 saturated carbocycles. The monoisotopic (exact) mass is 402 g/mol. The van der Waals surface area contributed by atoms with E-state index in [1.165, 1.54) is 4.90 Å². The first-order valence-corrected chi connectivity index (χ1v) is 10.5.